The summed E-state index contributed by atoms with van der Waals surface area (Å²) in [6, 6.07) is 9.66. The van der Waals surface area contributed by atoms with Gasteiger partial charge in [-0.05, 0) is 49.1 Å². The Balaban J connectivity index is 1.68. The van der Waals surface area contributed by atoms with Crippen LogP contribution in [-0.2, 0) is 0 Å². The highest BCUT2D eigenvalue weighted by molar-refractivity contribution is 7.98. The number of hydrogen-bond acceptors (Lipinski definition) is 2. The fourth-order valence-corrected chi connectivity index (χ4v) is 4.85. The monoisotopic (exact) mass is 303 g/mol. The SMILES string of the molecule is CSc1cccc(NC2CCCCC2C2CCCCC2)c1. The first-order valence-electron chi connectivity index (χ1n) is 8.77. The summed E-state index contributed by atoms with van der Waals surface area (Å²) >= 11 is 1.83. The molecule has 0 aromatic heterocycles. The van der Waals surface area contributed by atoms with E-state index < -0.39 is 0 Å². The Morgan fingerprint density at radius 1 is 0.952 bits per heavy atom. The van der Waals surface area contributed by atoms with Crippen molar-refractivity contribution in [3.8, 4) is 0 Å². The second-order valence-electron chi connectivity index (χ2n) is 6.83. The van der Waals surface area contributed by atoms with Gasteiger partial charge < -0.3 is 5.32 Å². The van der Waals surface area contributed by atoms with Gasteiger partial charge in [0.15, 0.2) is 0 Å². The lowest BCUT2D eigenvalue weighted by Crippen LogP contribution is -2.37. The Kier molecular flexibility index (Phi) is 5.51. The molecule has 1 aromatic rings. The van der Waals surface area contributed by atoms with Crippen LogP contribution in [0.5, 0.6) is 0 Å². The topological polar surface area (TPSA) is 12.0 Å². The van der Waals surface area contributed by atoms with Crippen molar-refractivity contribution < 1.29 is 0 Å². The summed E-state index contributed by atoms with van der Waals surface area (Å²) in [6.45, 7) is 0. The first-order valence-corrected chi connectivity index (χ1v) is 10.00. The lowest BCUT2D eigenvalue weighted by molar-refractivity contribution is 0.180. The molecule has 2 heteroatoms. The Hall–Kier alpha value is -0.630. The first-order chi connectivity index (χ1) is 10.4. The van der Waals surface area contributed by atoms with Gasteiger partial charge in [-0.15, -0.1) is 11.8 Å². The third-order valence-electron chi connectivity index (χ3n) is 5.50. The van der Waals surface area contributed by atoms with Gasteiger partial charge in [-0.2, -0.15) is 0 Å². The highest BCUT2D eigenvalue weighted by Crippen LogP contribution is 2.39. The zero-order chi connectivity index (χ0) is 14.5. The maximum atomic E-state index is 3.89. The van der Waals surface area contributed by atoms with E-state index in [9.17, 15) is 0 Å². The van der Waals surface area contributed by atoms with Crippen molar-refractivity contribution >= 4 is 17.4 Å². The third-order valence-corrected chi connectivity index (χ3v) is 6.22. The van der Waals surface area contributed by atoms with Gasteiger partial charge in [-0.1, -0.05) is 51.0 Å². The van der Waals surface area contributed by atoms with E-state index in [1.54, 1.807) is 0 Å². The molecule has 2 saturated carbocycles. The number of hydrogen-bond donors (Lipinski definition) is 1. The van der Waals surface area contributed by atoms with Crippen molar-refractivity contribution in [2.45, 2.75) is 68.7 Å². The van der Waals surface area contributed by atoms with Gasteiger partial charge in [0.2, 0.25) is 0 Å². The van der Waals surface area contributed by atoms with Crippen LogP contribution in [0.25, 0.3) is 0 Å². The first kappa shape index (κ1) is 15.3. The van der Waals surface area contributed by atoms with Crippen LogP contribution in [0.15, 0.2) is 29.2 Å². The molecular weight excluding hydrogens is 274 g/mol. The highest BCUT2D eigenvalue weighted by Gasteiger charge is 2.32. The van der Waals surface area contributed by atoms with Crippen LogP contribution in [-0.4, -0.2) is 12.3 Å². The molecule has 1 N–H and O–H groups in total. The molecule has 0 bridgehead atoms. The maximum Gasteiger partial charge on any atom is 0.0353 e. The van der Waals surface area contributed by atoms with E-state index in [-0.39, 0.29) is 0 Å². The summed E-state index contributed by atoms with van der Waals surface area (Å²) in [5, 5.41) is 3.89. The summed E-state index contributed by atoms with van der Waals surface area (Å²) in [6.07, 6.45) is 15.2. The van der Waals surface area contributed by atoms with Crippen molar-refractivity contribution in [3.05, 3.63) is 24.3 Å². The largest absolute Gasteiger partial charge is 0.382 e. The van der Waals surface area contributed by atoms with E-state index in [2.05, 4.69) is 35.8 Å². The molecule has 2 aliphatic carbocycles. The molecule has 0 aliphatic heterocycles. The molecule has 2 atom stereocenters. The molecule has 0 spiro atoms. The van der Waals surface area contributed by atoms with Crippen molar-refractivity contribution in [1.29, 1.82) is 0 Å². The smallest absolute Gasteiger partial charge is 0.0353 e. The lowest BCUT2D eigenvalue weighted by Gasteiger charge is -2.40. The van der Waals surface area contributed by atoms with Gasteiger partial charge in [0.25, 0.3) is 0 Å². The van der Waals surface area contributed by atoms with Crippen LogP contribution >= 0.6 is 11.8 Å². The Bertz CT molecular complexity index is 439. The minimum atomic E-state index is 0.707. The fraction of sp³-hybridized carbons (Fsp3) is 0.684. The lowest BCUT2D eigenvalue weighted by atomic mass is 9.71. The number of nitrogens with one attached hydrogen (secondary N) is 1. The molecular formula is C19H29NS. The molecule has 0 heterocycles. The molecule has 0 amide bonds. The van der Waals surface area contributed by atoms with Crippen LogP contribution in [0.1, 0.15) is 57.8 Å². The summed E-state index contributed by atoms with van der Waals surface area (Å²) in [4.78, 5) is 1.37. The molecule has 1 nitrogen and oxygen atoms in total. The minimum Gasteiger partial charge on any atom is -0.382 e. The molecule has 0 radical (unpaired) electrons. The van der Waals surface area contributed by atoms with Crippen molar-refractivity contribution in [2.24, 2.45) is 11.8 Å². The van der Waals surface area contributed by atoms with Gasteiger partial charge in [0.1, 0.15) is 0 Å². The molecule has 0 saturated heterocycles. The van der Waals surface area contributed by atoms with Crippen LogP contribution < -0.4 is 5.32 Å². The molecule has 2 unspecified atom stereocenters. The van der Waals surface area contributed by atoms with Crippen molar-refractivity contribution in [2.75, 3.05) is 11.6 Å². The quantitative estimate of drug-likeness (QED) is 0.689. The van der Waals surface area contributed by atoms with Crippen LogP contribution in [0.2, 0.25) is 0 Å². The second-order valence-corrected chi connectivity index (χ2v) is 7.71. The van der Waals surface area contributed by atoms with Crippen LogP contribution in [0, 0.1) is 11.8 Å². The number of thioether (sulfide) groups is 1. The van der Waals surface area contributed by atoms with Crippen LogP contribution in [0.3, 0.4) is 0 Å². The molecule has 2 aliphatic rings. The molecule has 21 heavy (non-hydrogen) atoms. The van der Waals surface area contributed by atoms with E-state index in [0.717, 1.165) is 11.8 Å². The van der Waals surface area contributed by atoms with E-state index in [4.69, 9.17) is 0 Å². The van der Waals surface area contributed by atoms with Gasteiger partial charge in [-0.3, -0.25) is 0 Å². The second kappa shape index (κ2) is 7.58. The maximum absolute atomic E-state index is 3.89. The molecule has 3 rings (SSSR count). The summed E-state index contributed by atoms with van der Waals surface area (Å²) in [5.74, 6) is 1.90. The van der Waals surface area contributed by atoms with Gasteiger partial charge in [0.05, 0.1) is 0 Å². The Morgan fingerprint density at radius 2 is 1.71 bits per heavy atom. The van der Waals surface area contributed by atoms with E-state index in [0.29, 0.717) is 6.04 Å². The zero-order valence-electron chi connectivity index (χ0n) is 13.3. The fourth-order valence-electron chi connectivity index (χ4n) is 4.39. The minimum absolute atomic E-state index is 0.707. The number of rotatable bonds is 4. The highest BCUT2D eigenvalue weighted by atomic mass is 32.2. The van der Waals surface area contributed by atoms with Gasteiger partial charge in [0, 0.05) is 16.6 Å². The normalized spacial score (nSPS) is 27.5. The third kappa shape index (κ3) is 3.97. The van der Waals surface area contributed by atoms with E-state index in [1.165, 1.54) is 68.4 Å². The summed E-state index contributed by atoms with van der Waals surface area (Å²) in [5.41, 5.74) is 1.33. The van der Waals surface area contributed by atoms with E-state index >= 15 is 0 Å². The zero-order valence-corrected chi connectivity index (χ0v) is 14.1. The molecule has 2 fully saturated rings. The van der Waals surface area contributed by atoms with Crippen molar-refractivity contribution in [3.63, 3.8) is 0 Å². The number of anilines is 1. The standard InChI is InChI=1S/C19H29NS/c1-21-17-11-7-10-16(14-17)20-19-13-6-5-12-18(19)15-8-3-2-4-9-15/h7,10-11,14-15,18-20H,2-6,8-9,12-13H2,1H3. The summed E-state index contributed by atoms with van der Waals surface area (Å²) < 4.78 is 0. The average molecular weight is 304 g/mol. The van der Waals surface area contributed by atoms with Gasteiger partial charge >= 0.3 is 0 Å². The average Bonchev–Trinajstić information content (AvgIpc) is 2.56. The van der Waals surface area contributed by atoms with Crippen LogP contribution in [0.4, 0.5) is 5.69 Å². The summed E-state index contributed by atoms with van der Waals surface area (Å²) in [7, 11) is 0. The Labute approximate surface area is 134 Å². The molecule has 1 aromatic carbocycles. The van der Waals surface area contributed by atoms with Gasteiger partial charge in [-0.25, -0.2) is 0 Å². The van der Waals surface area contributed by atoms with Crippen molar-refractivity contribution in [1.82, 2.24) is 0 Å². The Morgan fingerprint density at radius 3 is 2.52 bits per heavy atom. The predicted molar refractivity (Wildman–Crippen MR) is 94.2 cm³/mol. The van der Waals surface area contributed by atoms with E-state index in [1.807, 2.05) is 11.8 Å². The predicted octanol–water partition coefficient (Wildman–Crippen LogP) is 5.96. The number of benzene rings is 1. The molecule has 116 valence electrons.